The minimum Gasteiger partial charge on any atom is -0.310 e. The molecular weight excluding hydrogens is 237 g/mol. The summed E-state index contributed by atoms with van der Waals surface area (Å²) < 4.78 is 13.8. The molecule has 0 aromatic heterocycles. The third-order valence-corrected chi connectivity index (χ3v) is 3.56. The quantitative estimate of drug-likeness (QED) is 0.869. The van der Waals surface area contributed by atoms with E-state index in [4.69, 9.17) is 0 Å². The van der Waals surface area contributed by atoms with Crippen LogP contribution in [0.15, 0.2) is 42.5 Å². The van der Waals surface area contributed by atoms with E-state index in [9.17, 15) is 4.39 Å². The van der Waals surface area contributed by atoms with Crippen LogP contribution in [0.4, 0.5) is 4.39 Å². The first-order valence-corrected chi connectivity index (χ1v) is 6.81. The summed E-state index contributed by atoms with van der Waals surface area (Å²) in [5.74, 6) is -0.121. The molecule has 1 fully saturated rings. The van der Waals surface area contributed by atoms with Gasteiger partial charge in [-0.1, -0.05) is 35.9 Å². The molecule has 0 radical (unpaired) electrons. The van der Waals surface area contributed by atoms with Crippen LogP contribution in [0, 0.1) is 12.7 Å². The lowest BCUT2D eigenvalue weighted by Crippen LogP contribution is -2.16. The van der Waals surface area contributed by atoms with Crippen LogP contribution in [0.1, 0.15) is 24.0 Å². The third kappa shape index (κ3) is 3.02. The molecule has 0 atom stereocenters. The van der Waals surface area contributed by atoms with Crippen molar-refractivity contribution in [3.63, 3.8) is 0 Å². The molecule has 0 saturated heterocycles. The van der Waals surface area contributed by atoms with Crippen LogP contribution >= 0.6 is 0 Å². The average molecular weight is 255 g/mol. The summed E-state index contributed by atoms with van der Waals surface area (Å²) in [7, 11) is 0. The predicted octanol–water partition coefficient (Wildman–Crippen LogP) is 4.05. The average Bonchev–Trinajstić information content (AvgIpc) is 3.22. The zero-order valence-corrected chi connectivity index (χ0v) is 11.1. The second-order valence-electron chi connectivity index (χ2n) is 5.33. The standard InChI is InChI=1S/C17H18FN/c1-12-3-2-4-13(9-12)14-5-8-17(18)15(10-14)11-19-16-6-7-16/h2-5,8-10,16,19H,6-7,11H2,1H3. The zero-order valence-electron chi connectivity index (χ0n) is 11.1. The molecule has 2 heteroatoms. The van der Waals surface area contributed by atoms with E-state index in [1.165, 1.54) is 18.4 Å². The van der Waals surface area contributed by atoms with Gasteiger partial charge >= 0.3 is 0 Å². The molecule has 2 aromatic carbocycles. The maximum atomic E-state index is 13.8. The second kappa shape index (κ2) is 5.14. The zero-order chi connectivity index (χ0) is 13.2. The van der Waals surface area contributed by atoms with Crippen LogP contribution in [-0.4, -0.2) is 6.04 Å². The van der Waals surface area contributed by atoms with E-state index in [1.807, 2.05) is 18.2 Å². The Kier molecular flexibility index (Phi) is 3.34. The number of hydrogen-bond donors (Lipinski definition) is 1. The lowest BCUT2D eigenvalue weighted by atomic mass is 10.0. The summed E-state index contributed by atoms with van der Waals surface area (Å²) in [4.78, 5) is 0. The molecule has 98 valence electrons. The van der Waals surface area contributed by atoms with Gasteiger partial charge in [0.2, 0.25) is 0 Å². The number of rotatable bonds is 4. The van der Waals surface area contributed by atoms with Crippen molar-refractivity contribution in [3.05, 3.63) is 59.4 Å². The lowest BCUT2D eigenvalue weighted by molar-refractivity contribution is 0.587. The summed E-state index contributed by atoms with van der Waals surface area (Å²) in [5, 5.41) is 3.36. The molecule has 3 rings (SSSR count). The first-order valence-electron chi connectivity index (χ1n) is 6.81. The minimum atomic E-state index is -0.121. The van der Waals surface area contributed by atoms with Crippen LogP contribution in [0.3, 0.4) is 0 Å². The van der Waals surface area contributed by atoms with Gasteiger partial charge in [-0.25, -0.2) is 4.39 Å². The fourth-order valence-electron chi connectivity index (χ4n) is 2.26. The molecule has 0 spiro atoms. The van der Waals surface area contributed by atoms with Crippen molar-refractivity contribution in [2.45, 2.75) is 32.4 Å². The fourth-order valence-corrected chi connectivity index (χ4v) is 2.26. The smallest absolute Gasteiger partial charge is 0.127 e. The van der Waals surface area contributed by atoms with Crippen molar-refractivity contribution in [3.8, 4) is 11.1 Å². The van der Waals surface area contributed by atoms with E-state index in [1.54, 1.807) is 6.07 Å². The van der Waals surface area contributed by atoms with E-state index in [0.717, 1.165) is 16.7 Å². The molecule has 1 N–H and O–H groups in total. The second-order valence-corrected chi connectivity index (χ2v) is 5.33. The highest BCUT2D eigenvalue weighted by molar-refractivity contribution is 5.65. The minimum absolute atomic E-state index is 0.121. The summed E-state index contributed by atoms with van der Waals surface area (Å²) in [6.07, 6.45) is 2.44. The van der Waals surface area contributed by atoms with Gasteiger partial charge in [-0.3, -0.25) is 0 Å². The number of benzene rings is 2. The Morgan fingerprint density at radius 2 is 1.89 bits per heavy atom. The molecule has 0 bridgehead atoms. The van der Waals surface area contributed by atoms with Gasteiger partial charge in [-0.05, 0) is 43.0 Å². The first kappa shape index (κ1) is 12.4. The van der Waals surface area contributed by atoms with Gasteiger partial charge in [0.05, 0.1) is 0 Å². The lowest BCUT2D eigenvalue weighted by Gasteiger charge is -2.08. The molecule has 1 nitrogen and oxygen atoms in total. The van der Waals surface area contributed by atoms with Gasteiger partial charge in [0.1, 0.15) is 5.82 Å². The Morgan fingerprint density at radius 3 is 2.63 bits per heavy atom. The molecule has 1 aliphatic carbocycles. The van der Waals surface area contributed by atoms with Gasteiger partial charge in [0.15, 0.2) is 0 Å². The van der Waals surface area contributed by atoms with Crippen LogP contribution in [0.25, 0.3) is 11.1 Å². The van der Waals surface area contributed by atoms with Crippen LogP contribution < -0.4 is 5.32 Å². The van der Waals surface area contributed by atoms with Gasteiger partial charge in [0.25, 0.3) is 0 Å². The molecule has 1 saturated carbocycles. The maximum Gasteiger partial charge on any atom is 0.127 e. The molecule has 0 amide bonds. The highest BCUT2D eigenvalue weighted by Gasteiger charge is 2.20. The Balaban J connectivity index is 1.87. The number of nitrogens with one attached hydrogen (secondary N) is 1. The SMILES string of the molecule is Cc1cccc(-c2ccc(F)c(CNC3CC3)c2)c1. The topological polar surface area (TPSA) is 12.0 Å². The number of hydrogen-bond acceptors (Lipinski definition) is 1. The summed E-state index contributed by atoms with van der Waals surface area (Å²) in [6, 6.07) is 14.3. The largest absolute Gasteiger partial charge is 0.310 e. The number of aryl methyl sites for hydroxylation is 1. The van der Waals surface area contributed by atoms with Crippen molar-refractivity contribution in [1.82, 2.24) is 5.32 Å². The van der Waals surface area contributed by atoms with Crippen LogP contribution in [0.5, 0.6) is 0 Å². The van der Waals surface area contributed by atoms with Crippen molar-refractivity contribution in [1.29, 1.82) is 0 Å². The Bertz CT molecular complexity index is 588. The van der Waals surface area contributed by atoms with E-state index >= 15 is 0 Å². The molecule has 1 aliphatic rings. The summed E-state index contributed by atoms with van der Waals surface area (Å²) in [6.45, 7) is 2.69. The van der Waals surface area contributed by atoms with Crippen LogP contribution in [0.2, 0.25) is 0 Å². The van der Waals surface area contributed by atoms with Crippen molar-refractivity contribution < 1.29 is 4.39 Å². The van der Waals surface area contributed by atoms with Crippen molar-refractivity contribution in [2.75, 3.05) is 0 Å². The molecule has 0 aliphatic heterocycles. The third-order valence-electron chi connectivity index (χ3n) is 3.56. The van der Waals surface area contributed by atoms with Gasteiger partial charge in [-0.15, -0.1) is 0 Å². The highest BCUT2D eigenvalue weighted by atomic mass is 19.1. The normalized spacial score (nSPS) is 14.6. The summed E-state index contributed by atoms with van der Waals surface area (Å²) >= 11 is 0. The van der Waals surface area contributed by atoms with Gasteiger partial charge < -0.3 is 5.32 Å². The Labute approximate surface area is 113 Å². The van der Waals surface area contributed by atoms with E-state index < -0.39 is 0 Å². The molecule has 0 unspecified atom stereocenters. The molecule has 19 heavy (non-hydrogen) atoms. The molecule has 0 heterocycles. The van der Waals surface area contributed by atoms with Crippen molar-refractivity contribution in [2.24, 2.45) is 0 Å². The van der Waals surface area contributed by atoms with E-state index in [2.05, 4.69) is 30.4 Å². The monoisotopic (exact) mass is 255 g/mol. The number of halogens is 1. The molecular formula is C17H18FN. The van der Waals surface area contributed by atoms with Crippen molar-refractivity contribution >= 4 is 0 Å². The van der Waals surface area contributed by atoms with E-state index in [0.29, 0.717) is 12.6 Å². The summed E-state index contributed by atoms with van der Waals surface area (Å²) in [5.41, 5.74) is 4.20. The van der Waals surface area contributed by atoms with Crippen LogP contribution in [-0.2, 0) is 6.54 Å². The first-order chi connectivity index (χ1) is 9.22. The Morgan fingerprint density at radius 1 is 1.11 bits per heavy atom. The van der Waals surface area contributed by atoms with E-state index in [-0.39, 0.29) is 5.82 Å². The van der Waals surface area contributed by atoms with Gasteiger partial charge in [-0.2, -0.15) is 0 Å². The fraction of sp³-hybridized carbons (Fsp3) is 0.294. The Hall–Kier alpha value is -1.67. The highest BCUT2D eigenvalue weighted by Crippen LogP contribution is 2.24. The van der Waals surface area contributed by atoms with Gasteiger partial charge in [0, 0.05) is 18.2 Å². The molecule has 2 aromatic rings. The maximum absolute atomic E-state index is 13.8. The predicted molar refractivity (Wildman–Crippen MR) is 76.4 cm³/mol.